The van der Waals surface area contributed by atoms with Crippen LogP contribution in [0.25, 0.3) is 0 Å². The maximum Gasteiger partial charge on any atom is 0.320 e. The minimum absolute atomic E-state index is 0.129. The highest BCUT2D eigenvalue weighted by Crippen LogP contribution is 2.34. The lowest BCUT2D eigenvalue weighted by Gasteiger charge is -2.21. The molecule has 0 bridgehead atoms. The Bertz CT molecular complexity index is 602. The summed E-state index contributed by atoms with van der Waals surface area (Å²) in [5.41, 5.74) is 10.8. The highest BCUT2D eigenvalue weighted by Gasteiger charge is 2.29. The van der Waals surface area contributed by atoms with E-state index in [9.17, 15) is 19.7 Å². The lowest BCUT2D eigenvalue weighted by molar-refractivity contribution is -0.385. The molecular weight excluding hydrogens is 330 g/mol. The van der Waals surface area contributed by atoms with Crippen molar-refractivity contribution in [2.75, 3.05) is 0 Å². The lowest BCUT2D eigenvalue weighted by atomic mass is 9.86. The van der Waals surface area contributed by atoms with Gasteiger partial charge >= 0.3 is 11.9 Å². The maximum absolute atomic E-state index is 11.2. The van der Waals surface area contributed by atoms with E-state index >= 15 is 0 Å². The van der Waals surface area contributed by atoms with E-state index in [2.05, 4.69) is 0 Å². The molecule has 0 heterocycles. The molecule has 0 spiro atoms. The average molecular weight is 346 g/mol. The van der Waals surface area contributed by atoms with Gasteiger partial charge in [0.2, 0.25) is 0 Å². The summed E-state index contributed by atoms with van der Waals surface area (Å²) >= 11 is 5.74. The van der Waals surface area contributed by atoms with E-state index in [4.69, 9.17) is 33.3 Å². The van der Waals surface area contributed by atoms with Crippen LogP contribution < -0.4 is 11.5 Å². The molecule has 0 amide bonds. The van der Waals surface area contributed by atoms with Crippen molar-refractivity contribution in [3.05, 3.63) is 38.9 Å². The molecule has 23 heavy (non-hydrogen) atoms. The van der Waals surface area contributed by atoms with Crippen LogP contribution in [0.15, 0.2) is 18.2 Å². The predicted octanol–water partition coefficient (Wildman–Crippen LogP) is 0.936. The molecule has 2 unspecified atom stereocenters. The normalized spacial score (nSPS) is 14.7. The quantitative estimate of drug-likeness (QED) is 0.398. The topological polar surface area (TPSA) is 170 Å². The molecular formula is C13H16ClN3O6. The molecule has 0 saturated carbocycles. The third kappa shape index (κ3) is 5.16. The first kappa shape index (κ1) is 18.8. The predicted molar refractivity (Wildman–Crippen MR) is 81.3 cm³/mol. The molecule has 10 heteroatoms. The zero-order valence-electron chi connectivity index (χ0n) is 11.9. The Balaban J connectivity index is 3.25. The molecule has 6 N–H and O–H groups in total. The standard InChI is InChI=1S/C13H16ClN3O6/c14-7-1-2-8(11(5-7)17(22)23)6(3-9(15)12(18)19)4-10(16)13(20)21/h1-2,5-6,9-10H,3-4,15-16H2,(H,18,19)(H,20,21). The van der Waals surface area contributed by atoms with Crippen molar-refractivity contribution < 1.29 is 24.7 Å². The van der Waals surface area contributed by atoms with Crippen molar-refractivity contribution >= 4 is 29.2 Å². The number of rotatable bonds is 8. The molecule has 9 nitrogen and oxygen atoms in total. The van der Waals surface area contributed by atoms with Gasteiger partial charge in [-0.2, -0.15) is 0 Å². The summed E-state index contributed by atoms with van der Waals surface area (Å²) in [7, 11) is 0. The Morgan fingerprint density at radius 3 is 2.04 bits per heavy atom. The molecule has 126 valence electrons. The average Bonchev–Trinajstić information content (AvgIpc) is 2.45. The minimum Gasteiger partial charge on any atom is -0.480 e. The van der Waals surface area contributed by atoms with Crippen molar-refractivity contribution in [2.45, 2.75) is 30.8 Å². The molecule has 0 aliphatic heterocycles. The van der Waals surface area contributed by atoms with Crippen molar-refractivity contribution in [1.29, 1.82) is 0 Å². The van der Waals surface area contributed by atoms with Gasteiger partial charge in [0.15, 0.2) is 0 Å². The Hall–Kier alpha value is -2.23. The first-order valence-corrected chi connectivity index (χ1v) is 6.91. The van der Waals surface area contributed by atoms with E-state index in [1.807, 2.05) is 0 Å². The van der Waals surface area contributed by atoms with Crippen molar-refractivity contribution in [3.63, 3.8) is 0 Å². The minimum atomic E-state index is -1.31. The fraction of sp³-hybridized carbons (Fsp3) is 0.385. The Kier molecular flexibility index (Phi) is 6.43. The summed E-state index contributed by atoms with van der Waals surface area (Å²) in [4.78, 5) is 32.4. The van der Waals surface area contributed by atoms with Gasteiger partial charge in [-0.1, -0.05) is 17.7 Å². The maximum atomic E-state index is 11.2. The molecule has 1 aromatic rings. The number of aliphatic carboxylic acids is 2. The van der Waals surface area contributed by atoms with Crippen LogP contribution in [-0.4, -0.2) is 39.2 Å². The highest BCUT2D eigenvalue weighted by molar-refractivity contribution is 6.30. The summed E-state index contributed by atoms with van der Waals surface area (Å²) in [5, 5.41) is 29.1. The molecule has 0 radical (unpaired) electrons. The molecule has 0 aliphatic carbocycles. The molecule has 0 aromatic heterocycles. The number of nitro benzene ring substituents is 1. The monoisotopic (exact) mass is 345 g/mol. The van der Waals surface area contributed by atoms with Gasteiger partial charge in [0, 0.05) is 16.7 Å². The van der Waals surface area contributed by atoms with Gasteiger partial charge in [-0.25, -0.2) is 0 Å². The second-order valence-corrected chi connectivity index (χ2v) is 5.45. The summed E-state index contributed by atoms with van der Waals surface area (Å²) in [6, 6.07) is 1.25. The zero-order chi connectivity index (χ0) is 17.7. The summed E-state index contributed by atoms with van der Waals surface area (Å²) in [5.74, 6) is -3.41. The van der Waals surface area contributed by atoms with Gasteiger partial charge in [-0.05, 0) is 24.8 Å². The van der Waals surface area contributed by atoms with E-state index < -0.39 is 34.9 Å². The van der Waals surface area contributed by atoms with E-state index in [0.29, 0.717) is 0 Å². The number of hydrogen-bond donors (Lipinski definition) is 4. The Labute approximate surface area is 136 Å². The van der Waals surface area contributed by atoms with E-state index in [1.165, 1.54) is 12.1 Å². The summed E-state index contributed by atoms with van der Waals surface area (Å²) in [6.45, 7) is 0. The zero-order valence-corrected chi connectivity index (χ0v) is 12.6. The fourth-order valence-electron chi connectivity index (χ4n) is 2.19. The second-order valence-electron chi connectivity index (χ2n) is 5.02. The first-order chi connectivity index (χ1) is 10.6. The van der Waals surface area contributed by atoms with Gasteiger partial charge in [-0.3, -0.25) is 19.7 Å². The molecule has 0 saturated heterocycles. The number of nitrogens with zero attached hydrogens (tertiary/aromatic N) is 1. The lowest BCUT2D eigenvalue weighted by Crippen LogP contribution is -2.36. The number of hydrogen-bond acceptors (Lipinski definition) is 6. The third-order valence-electron chi connectivity index (χ3n) is 3.34. The first-order valence-electron chi connectivity index (χ1n) is 6.54. The fourth-order valence-corrected chi connectivity index (χ4v) is 2.35. The van der Waals surface area contributed by atoms with Gasteiger partial charge in [0.05, 0.1) is 4.92 Å². The largest absolute Gasteiger partial charge is 0.480 e. The van der Waals surface area contributed by atoms with Crippen LogP contribution >= 0.6 is 11.6 Å². The number of benzene rings is 1. The Morgan fingerprint density at radius 1 is 1.17 bits per heavy atom. The highest BCUT2D eigenvalue weighted by atomic mass is 35.5. The van der Waals surface area contributed by atoms with Crippen LogP contribution in [-0.2, 0) is 9.59 Å². The van der Waals surface area contributed by atoms with Gasteiger partial charge in [0.25, 0.3) is 5.69 Å². The van der Waals surface area contributed by atoms with E-state index in [-0.39, 0.29) is 29.1 Å². The van der Waals surface area contributed by atoms with Crippen molar-refractivity contribution in [3.8, 4) is 0 Å². The van der Waals surface area contributed by atoms with Crippen molar-refractivity contribution in [1.82, 2.24) is 0 Å². The van der Waals surface area contributed by atoms with Crippen molar-refractivity contribution in [2.24, 2.45) is 11.5 Å². The SMILES string of the molecule is NC(CC(CC(N)C(=O)O)c1ccc(Cl)cc1[N+](=O)[O-])C(=O)O. The molecule has 2 atom stereocenters. The third-order valence-corrected chi connectivity index (χ3v) is 3.58. The van der Waals surface area contributed by atoms with Gasteiger partial charge < -0.3 is 21.7 Å². The number of carbonyl (C=O) groups is 2. The summed E-state index contributed by atoms with van der Waals surface area (Å²) < 4.78 is 0. The van der Waals surface area contributed by atoms with Crippen LogP contribution in [0.1, 0.15) is 24.3 Å². The van der Waals surface area contributed by atoms with Gasteiger partial charge in [0.1, 0.15) is 12.1 Å². The number of nitrogens with two attached hydrogens (primary N) is 2. The Morgan fingerprint density at radius 2 is 1.65 bits per heavy atom. The molecule has 0 aliphatic rings. The number of halogens is 1. The van der Waals surface area contributed by atoms with Crippen LogP contribution in [0.3, 0.4) is 0 Å². The summed E-state index contributed by atoms with van der Waals surface area (Å²) in [6.07, 6.45) is -0.391. The molecule has 0 fully saturated rings. The number of carboxylic acid groups (broad SMARTS) is 2. The number of nitro groups is 1. The molecule has 1 rings (SSSR count). The van der Waals surface area contributed by atoms with E-state index in [0.717, 1.165) is 6.07 Å². The van der Waals surface area contributed by atoms with Crippen LogP contribution in [0.2, 0.25) is 5.02 Å². The van der Waals surface area contributed by atoms with Crippen LogP contribution in [0.4, 0.5) is 5.69 Å². The van der Waals surface area contributed by atoms with Crippen LogP contribution in [0.5, 0.6) is 0 Å². The molecule has 1 aromatic carbocycles. The second kappa shape index (κ2) is 7.86. The van der Waals surface area contributed by atoms with E-state index in [1.54, 1.807) is 0 Å². The smallest absolute Gasteiger partial charge is 0.320 e. The number of carboxylic acids is 2. The van der Waals surface area contributed by atoms with Crippen LogP contribution in [0, 0.1) is 10.1 Å². The van der Waals surface area contributed by atoms with Gasteiger partial charge in [-0.15, -0.1) is 0 Å².